The molecule has 0 aromatic heterocycles. The number of hydrogen-bond acceptors (Lipinski definition) is 3. The first-order chi connectivity index (χ1) is 12.7. The highest BCUT2D eigenvalue weighted by Gasteiger charge is 2.30. The third-order valence-electron chi connectivity index (χ3n) is 5.59. The minimum absolute atomic E-state index is 0.733. The molecule has 1 saturated heterocycles. The van der Waals surface area contributed by atoms with Crippen molar-refractivity contribution in [2.45, 2.75) is 44.1 Å². The summed E-state index contributed by atoms with van der Waals surface area (Å²) in [7, 11) is 1.67. The van der Waals surface area contributed by atoms with Crippen LogP contribution in [0.25, 0.3) is 0 Å². The lowest BCUT2D eigenvalue weighted by atomic mass is 9.84. The number of piperidine rings is 1. The van der Waals surface area contributed by atoms with Crippen LogP contribution in [0.4, 0.5) is 0 Å². The molecule has 0 bridgehead atoms. The molecule has 0 aliphatic carbocycles. The molecule has 26 heavy (non-hydrogen) atoms. The lowest BCUT2D eigenvalue weighted by molar-refractivity contribution is 0.00732. The van der Waals surface area contributed by atoms with E-state index in [4.69, 9.17) is 4.74 Å². The van der Waals surface area contributed by atoms with Gasteiger partial charge in [-0.2, -0.15) is 0 Å². The van der Waals surface area contributed by atoms with E-state index in [9.17, 15) is 5.11 Å². The molecule has 1 fully saturated rings. The topological polar surface area (TPSA) is 32.7 Å². The normalized spacial score (nSPS) is 17.6. The Balaban J connectivity index is 1.72. The molecule has 0 spiro atoms. The zero-order valence-corrected chi connectivity index (χ0v) is 15.9. The van der Waals surface area contributed by atoms with Crippen molar-refractivity contribution in [2.75, 3.05) is 26.7 Å². The summed E-state index contributed by atoms with van der Waals surface area (Å²) in [4.78, 5) is 2.50. The predicted octanol–water partition coefficient (Wildman–Crippen LogP) is 4.39. The molecular weight excluding hydrogens is 322 g/mol. The van der Waals surface area contributed by atoms with Crippen LogP contribution in [-0.2, 0) is 12.0 Å². The highest BCUT2D eigenvalue weighted by atomic mass is 16.5. The van der Waals surface area contributed by atoms with Gasteiger partial charge in [-0.1, -0.05) is 48.9 Å². The first-order valence-electron chi connectivity index (χ1n) is 9.83. The van der Waals surface area contributed by atoms with Crippen LogP contribution >= 0.6 is 0 Å². The molecule has 3 nitrogen and oxygen atoms in total. The van der Waals surface area contributed by atoms with Crippen molar-refractivity contribution in [3.8, 4) is 5.75 Å². The Morgan fingerprint density at radius 3 is 2.27 bits per heavy atom. The predicted molar refractivity (Wildman–Crippen MR) is 107 cm³/mol. The highest BCUT2D eigenvalue weighted by molar-refractivity contribution is 5.31. The second-order valence-corrected chi connectivity index (χ2v) is 7.40. The lowest BCUT2D eigenvalue weighted by Crippen LogP contribution is -2.36. The number of methoxy groups -OCH3 is 1. The quantitative estimate of drug-likeness (QED) is 0.764. The maximum Gasteiger partial charge on any atom is 0.118 e. The maximum atomic E-state index is 11.6. The van der Waals surface area contributed by atoms with Gasteiger partial charge < -0.3 is 14.7 Å². The molecule has 2 aromatic carbocycles. The minimum Gasteiger partial charge on any atom is -0.497 e. The van der Waals surface area contributed by atoms with E-state index in [2.05, 4.69) is 29.2 Å². The van der Waals surface area contributed by atoms with E-state index in [0.29, 0.717) is 0 Å². The van der Waals surface area contributed by atoms with E-state index in [1.807, 2.05) is 30.3 Å². The summed E-state index contributed by atoms with van der Waals surface area (Å²) in [6.07, 6.45) is 6.29. The molecule has 3 rings (SSSR count). The summed E-state index contributed by atoms with van der Waals surface area (Å²) in [5.74, 6) is 0.829. The number of aryl methyl sites for hydroxylation is 1. The van der Waals surface area contributed by atoms with Gasteiger partial charge in [-0.15, -0.1) is 0 Å². The summed E-state index contributed by atoms with van der Waals surface area (Å²) in [6.45, 7) is 3.28. The monoisotopic (exact) mass is 353 g/mol. The van der Waals surface area contributed by atoms with Crippen LogP contribution in [0.3, 0.4) is 0 Å². The van der Waals surface area contributed by atoms with Crippen LogP contribution in [0.5, 0.6) is 5.75 Å². The average Bonchev–Trinajstić information content (AvgIpc) is 2.72. The Kier molecular flexibility index (Phi) is 6.70. The van der Waals surface area contributed by atoms with Gasteiger partial charge in [0.05, 0.1) is 12.7 Å². The van der Waals surface area contributed by atoms with Gasteiger partial charge >= 0.3 is 0 Å². The fraction of sp³-hybridized carbons (Fsp3) is 0.478. The largest absolute Gasteiger partial charge is 0.497 e. The fourth-order valence-electron chi connectivity index (χ4n) is 3.84. The molecule has 2 aromatic rings. The average molecular weight is 354 g/mol. The van der Waals surface area contributed by atoms with Gasteiger partial charge in [-0.3, -0.25) is 0 Å². The lowest BCUT2D eigenvalue weighted by Gasteiger charge is -2.33. The summed E-state index contributed by atoms with van der Waals surface area (Å²) in [5, 5.41) is 11.6. The summed E-state index contributed by atoms with van der Waals surface area (Å²) in [5.41, 5.74) is 1.46. The molecule has 0 amide bonds. The van der Waals surface area contributed by atoms with Crippen molar-refractivity contribution in [1.29, 1.82) is 0 Å². The molecule has 1 heterocycles. The number of aliphatic hydroxyl groups is 1. The van der Waals surface area contributed by atoms with Crippen molar-refractivity contribution in [2.24, 2.45) is 0 Å². The highest BCUT2D eigenvalue weighted by Crippen LogP contribution is 2.32. The summed E-state index contributed by atoms with van der Waals surface area (Å²) < 4.78 is 5.28. The number of likely N-dealkylation sites (tertiary alicyclic amines) is 1. The second-order valence-electron chi connectivity index (χ2n) is 7.40. The van der Waals surface area contributed by atoms with E-state index >= 15 is 0 Å². The van der Waals surface area contributed by atoms with Gasteiger partial charge in [-0.25, -0.2) is 0 Å². The summed E-state index contributed by atoms with van der Waals surface area (Å²) in [6, 6.07) is 18.4. The van der Waals surface area contributed by atoms with Crippen molar-refractivity contribution in [1.82, 2.24) is 4.90 Å². The standard InChI is InChI=1S/C23H31NO2/c1-26-22-12-10-21(11-13-22)23(25,15-14-20-8-4-2-5-9-20)16-19-24-17-6-3-7-18-24/h2,4-5,8-13,25H,3,6-7,14-19H2,1H3/t23-/m0/s1. The van der Waals surface area contributed by atoms with Crippen LogP contribution in [0.15, 0.2) is 54.6 Å². The smallest absolute Gasteiger partial charge is 0.118 e. The van der Waals surface area contributed by atoms with E-state index in [1.165, 1.54) is 24.8 Å². The van der Waals surface area contributed by atoms with Crippen molar-refractivity contribution >= 4 is 0 Å². The number of ether oxygens (including phenoxy) is 1. The van der Waals surface area contributed by atoms with Crippen LogP contribution in [0.2, 0.25) is 0 Å². The molecule has 0 saturated carbocycles. The van der Waals surface area contributed by atoms with Crippen molar-refractivity contribution in [3.63, 3.8) is 0 Å². The molecule has 140 valence electrons. The third-order valence-corrected chi connectivity index (χ3v) is 5.59. The molecule has 3 heteroatoms. The molecule has 1 atom stereocenters. The molecule has 1 aliphatic heterocycles. The zero-order valence-electron chi connectivity index (χ0n) is 15.9. The van der Waals surface area contributed by atoms with E-state index in [1.54, 1.807) is 7.11 Å². The van der Waals surface area contributed by atoms with Gasteiger partial charge in [0.2, 0.25) is 0 Å². The Bertz CT molecular complexity index is 650. The molecule has 1 N–H and O–H groups in total. The molecular formula is C23H31NO2. The number of nitrogens with zero attached hydrogens (tertiary/aromatic N) is 1. The zero-order chi connectivity index (χ0) is 18.2. The van der Waals surface area contributed by atoms with Gasteiger partial charge in [0.25, 0.3) is 0 Å². The van der Waals surface area contributed by atoms with Crippen molar-refractivity contribution < 1.29 is 9.84 Å². The molecule has 0 radical (unpaired) electrons. The first kappa shape index (κ1) is 18.9. The Hall–Kier alpha value is -1.84. The van der Waals surface area contributed by atoms with Gasteiger partial charge in [0.1, 0.15) is 5.75 Å². The Morgan fingerprint density at radius 2 is 1.62 bits per heavy atom. The number of benzene rings is 2. The Morgan fingerprint density at radius 1 is 0.923 bits per heavy atom. The molecule has 1 aliphatic rings. The Labute approximate surface area is 157 Å². The number of hydrogen-bond donors (Lipinski definition) is 1. The number of rotatable bonds is 8. The molecule has 0 unspecified atom stereocenters. The SMILES string of the molecule is COc1ccc([C@](O)(CCc2ccccc2)CCN2CCCCC2)cc1. The minimum atomic E-state index is -0.806. The first-order valence-corrected chi connectivity index (χ1v) is 9.83. The van der Waals surface area contributed by atoms with Crippen LogP contribution in [0, 0.1) is 0 Å². The van der Waals surface area contributed by atoms with Crippen LogP contribution < -0.4 is 4.74 Å². The van der Waals surface area contributed by atoms with E-state index in [0.717, 1.165) is 50.2 Å². The van der Waals surface area contributed by atoms with E-state index in [-0.39, 0.29) is 0 Å². The van der Waals surface area contributed by atoms with E-state index < -0.39 is 5.60 Å². The summed E-state index contributed by atoms with van der Waals surface area (Å²) >= 11 is 0. The van der Waals surface area contributed by atoms with Crippen LogP contribution in [0.1, 0.15) is 43.2 Å². The fourth-order valence-corrected chi connectivity index (χ4v) is 3.84. The van der Waals surface area contributed by atoms with Gasteiger partial charge in [-0.05, 0) is 68.5 Å². The second kappa shape index (κ2) is 9.20. The van der Waals surface area contributed by atoms with Gasteiger partial charge in [0.15, 0.2) is 0 Å². The third kappa shape index (κ3) is 5.09. The van der Waals surface area contributed by atoms with Crippen molar-refractivity contribution in [3.05, 3.63) is 65.7 Å². The maximum absolute atomic E-state index is 11.6. The van der Waals surface area contributed by atoms with Crippen LogP contribution in [-0.4, -0.2) is 36.8 Å². The van der Waals surface area contributed by atoms with Gasteiger partial charge in [0, 0.05) is 6.54 Å².